The third-order valence-corrected chi connectivity index (χ3v) is 18.9. The highest BCUT2D eigenvalue weighted by molar-refractivity contribution is 5.82. The van der Waals surface area contributed by atoms with Gasteiger partial charge in [0.2, 0.25) is 6.08 Å². The number of aliphatic hydroxyl groups is 4. The molecule has 0 aromatic rings. The van der Waals surface area contributed by atoms with E-state index in [-0.39, 0.29) is 156 Å². The lowest BCUT2D eigenvalue weighted by Crippen LogP contribution is -2.51. The Bertz CT molecular complexity index is 2930. The minimum Gasteiger partial charge on any atom is -0.459 e. The summed E-state index contributed by atoms with van der Waals surface area (Å²) in [5.41, 5.74) is -2.92. The monoisotopic (exact) mass is 1620 g/mol. The molecule has 5 amide bonds. The van der Waals surface area contributed by atoms with Gasteiger partial charge in [0, 0.05) is 49.4 Å². The number of hydrogen-bond acceptors (Lipinski definition) is 28. The molecule has 0 bridgehead atoms. The standard InChI is InChI=1S/C49H84N4O16.C17H26N2O5.C14H30O6/c1-14-39(55)62-17-19-64-43(59)52-37-21-45(8,9)27-47(12,23-37)29-50-41(57)68-33(4)25-61-31-49(16-3,32-66-36(7)35(6)54)67-26-34(5)69-42(58)51-30-48(13)24-38(22-46(10,11)28-48)53-44(60)65-20-18-63-40(56)15-2;1-5-14(21)23-6-7-24-15(22)19-13-8-16(2,3)10-17(4,9-13)11-18-12-20;1-5-14(20-8-13(4)17,9-18-6-11(2)15)10-19-7-12(3)16/h14-15,33-38,54H,1-2,16-32H2,3-13H3,(H,50,57)(H,51,58)(H,52,59)(H,53,60);5,13H,1,6-11H2,2-4H3,(H,19,22);11-13,15-17H,5-10H2,1-4H3. The summed E-state index contributed by atoms with van der Waals surface area (Å²) in [5.74, 6) is -1.76. The van der Waals surface area contributed by atoms with E-state index in [0.29, 0.717) is 58.0 Å². The number of ether oxygens (including phenoxy) is 14. The normalized spacial score (nSPS) is 23.5. The number of aliphatic imine (C=N–C) groups is 1. The number of esters is 3. The van der Waals surface area contributed by atoms with Gasteiger partial charge in [0.25, 0.3) is 0 Å². The van der Waals surface area contributed by atoms with E-state index in [2.05, 4.69) is 99.8 Å². The molecular formula is C80H140N6O27. The first-order chi connectivity index (χ1) is 52.6. The van der Waals surface area contributed by atoms with E-state index in [1.54, 1.807) is 54.5 Å². The van der Waals surface area contributed by atoms with Gasteiger partial charge < -0.3 is 113 Å². The summed E-state index contributed by atoms with van der Waals surface area (Å²) in [6, 6.07) is -0.505. The molecule has 0 aromatic carbocycles. The predicted molar refractivity (Wildman–Crippen MR) is 419 cm³/mol. The number of aliphatic hydroxyl groups excluding tert-OH is 4. The number of amides is 5. The summed E-state index contributed by atoms with van der Waals surface area (Å²) in [5, 5.41) is 52.4. The van der Waals surface area contributed by atoms with Gasteiger partial charge in [0.05, 0.1) is 96.5 Å². The topological polar surface area (TPSA) is 436 Å². The minimum atomic E-state index is -1.02. The molecule has 0 spiro atoms. The first kappa shape index (κ1) is 104. The van der Waals surface area contributed by atoms with Gasteiger partial charge in [-0.25, -0.2) is 48.1 Å². The third-order valence-electron chi connectivity index (χ3n) is 18.9. The lowest BCUT2D eigenvalue weighted by molar-refractivity contribution is -0.170. The zero-order valence-electron chi connectivity index (χ0n) is 70.8. The summed E-state index contributed by atoms with van der Waals surface area (Å²) in [6.07, 6.45) is 5.05. The Morgan fingerprint density at radius 3 is 1.11 bits per heavy atom. The van der Waals surface area contributed by atoms with E-state index in [9.17, 15) is 63.6 Å². The van der Waals surface area contributed by atoms with Gasteiger partial charge in [-0.3, -0.25) is 0 Å². The molecule has 3 saturated carbocycles. The molecule has 33 heteroatoms. The molecule has 3 aliphatic rings. The van der Waals surface area contributed by atoms with Crippen LogP contribution >= 0.6 is 0 Å². The largest absolute Gasteiger partial charge is 0.459 e. The van der Waals surface area contributed by atoms with Gasteiger partial charge in [-0.15, -0.1) is 0 Å². The van der Waals surface area contributed by atoms with Crippen LogP contribution in [-0.4, -0.2) is 266 Å². The molecule has 3 fully saturated rings. The molecule has 0 radical (unpaired) electrons. The fourth-order valence-corrected chi connectivity index (χ4v) is 14.7. The Hall–Kier alpha value is -7.04. The van der Waals surface area contributed by atoms with Crippen LogP contribution in [0.15, 0.2) is 43.0 Å². The van der Waals surface area contributed by atoms with Crippen LogP contribution in [0.2, 0.25) is 0 Å². The quantitative estimate of drug-likeness (QED) is 0.00685. The third kappa shape index (κ3) is 46.9. The van der Waals surface area contributed by atoms with Gasteiger partial charge in [-0.1, -0.05) is 95.9 Å². The van der Waals surface area contributed by atoms with Crippen LogP contribution in [0.5, 0.6) is 0 Å². The Labute approximate surface area is 669 Å². The lowest BCUT2D eigenvalue weighted by atomic mass is 9.62. The number of nitrogens with one attached hydrogen (secondary N) is 5. The van der Waals surface area contributed by atoms with E-state index in [4.69, 9.17) is 66.3 Å². The molecule has 14 unspecified atom stereocenters. The Morgan fingerprint density at radius 1 is 0.451 bits per heavy atom. The fraction of sp³-hybridized carbons (Fsp3) is 0.812. The highest BCUT2D eigenvalue weighted by Crippen LogP contribution is 2.48. The van der Waals surface area contributed by atoms with Crippen LogP contribution in [-0.2, 0) is 85.5 Å². The molecule has 0 heterocycles. The summed E-state index contributed by atoms with van der Waals surface area (Å²) >= 11 is 0. The van der Waals surface area contributed by atoms with Crippen molar-refractivity contribution in [2.24, 2.45) is 37.5 Å². The summed E-state index contributed by atoms with van der Waals surface area (Å²) in [7, 11) is 0. The highest BCUT2D eigenvalue weighted by atomic mass is 16.6. The molecule has 0 aromatic heterocycles. The van der Waals surface area contributed by atoms with Crippen molar-refractivity contribution >= 4 is 54.5 Å². The van der Waals surface area contributed by atoms with Crippen molar-refractivity contribution in [3.8, 4) is 0 Å². The first-order valence-electron chi connectivity index (χ1n) is 39.1. The smallest absolute Gasteiger partial charge is 0.407 e. The molecule has 3 rings (SSSR count). The minimum absolute atomic E-state index is 0.00292. The Kier molecular flexibility index (Phi) is 47.7. The van der Waals surface area contributed by atoms with E-state index in [1.807, 2.05) is 27.7 Å². The molecule has 0 saturated heterocycles. The molecule has 3 aliphatic carbocycles. The van der Waals surface area contributed by atoms with Crippen molar-refractivity contribution in [2.45, 2.75) is 267 Å². The second-order valence-electron chi connectivity index (χ2n) is 33.8. The van der Waals surface area contributed by atoms with Crippen molar-refractivity contribution in [3.63, 3.8) is 0 Å². The van der Waals surface area contributed by atoms with E-state index < -0.39 is 102 Å². The molecule has 652 valence electrons. The van der Waals surface area contributed by atoms with Crippen LogP contribution in [0, 0.1) is 32.5 Å². The zero-order chi connectivity index (χ0) is 85.9. The number of hydrogen-bond donors (Lipinski definition) is 9. The van der Waals surface area contributed by atoms with Gasteiger partial charge in [-0.05, 0) is 152 Å². The average molecular weight is 1620 g/mol. The van der Waals surface area contributed by atoms with Crippen molar-refractivity contribution in [3.05, 3.63) is 38.0 Å². The van der Waals surface area contributed by atoms with Crippen LogP contribution in [0.3, 0.4) is 0 Å². The Morgan fingerprint density at radius 2 is 0.770 bits per heavy atom. The maximum atomic E-state index is 13.1. The van der Waals surface area contributed by atoms with Crippen molar-refractivity contribution in [1.29, 1.82) is 0 Å². The number of nitrogens with zero attached hydrogens (tertiary/aromatic N) is 1. The van der Waals surface area contributed by atoms with Crippen molar-refractivity contribution in [1.82, 2.24) is 26.6 Å². The second kappa shape index (κ2) is 51.8. The van der Waals surface area contributed by atoms with E-state index in [0.717, 1.165) is 43.9 Å². The van der Waals surface area contributed by atoms with E-state index in [1.165, 1.54) is 0 Å². The highest BCUT2D eigenvalue weighted by Gasteiger charge is 2.46. The van der Waals surface area contributed by atoms with Crippen LogP contribution in [0.1, 0.15) is 195 Å². The number of carbonyl (C=O) groups excluding carboxylic acids is 9. The SMILES string of the molecule is C=CC(=O)OCCOC(=O)NC1CC(C)(C)CC(C)(CN=C=O)C1.C=CC(=O)OCCOC(=O)NC1CC(C)(C)CC(C)(CNC(=O)OC(C)COCC(CC)(COC(C)C(C)O)OCC(C)OC(=O)NCC2(C)CC(NC(=O)OCCOC(=O)C=C)CC(C)(C)C2)C1.CCC(COCC(C)O)(COCC(C)O)OCC(C)O. The number of rotatable bonds is 47. The van der Waals surface area contributed by atoms with Gasteiger partial charge in [0.15, 0.2) is 0 Å². The van der Waals surface area contributed by atoms with Crippen molar-refractivity contribution < 1.29 is 130 Å². The summed E-state index contributed by atoms with van der Waals surface area (Å²) < 4.78 is 76.2. The van der Waals surface area contributed by atoms with Gasteiger partial charge in [-0.2, -0.15) is 0 Å². The number of isocyanates is 1. The molecular weight excluding hydrogens is 1480 g/mol. The number of alkyl carbamates (subject to hydrolysis) is 5. The maximum Gasteiger partial charge on any atom is 0.407 e. The molecule has 113 heavy (non-hydrogen) atoms. The van der Waals surface area contributed by atoms with Crippen molar-refractivity contribution in [2.75, 3.05) is 119 Å². The molecule has 33 nitrogen and oxygen atoms in total. The molecule has 14 atom stereocenters. The summed E-state index contributed by atoms with van der Waals surface area (Å²) in [6.45, 7) is 46.2. The molecule has 0 aliphatic heterocycles. The zero-order valence-corrected chi connectivity index (χ0v) is 70.8. The number of carbonyl (C=O) groups is 8. The van der Waals surface area contributed by atoms with E-state index >= 15 is 0 Å². The maximum absolute atomic E-state index is 13.1. The van der Waals surface area contributed by atoms with Crippen LogP contribution in [0.4, 0.5) is 24.0 Å². The fourth-order valence-electron chi connectivity index (χ4n) is 14.7. The predicted octanol–water partition coefficient (Wildman–Crippen LogP) is 8.95. The Balaban J connectivity index is 0.00000117. The lowest BCUT2D eigenvalue weighted by Gasteiger charge is -2.46. The first-order valence-corrected chi connectivity index (χ1v) is 39.1. The second-order valence-corrected chi connectivity index (χ2v) is 33.8. The van der Waals surface area contributed by atoms with Gasteiger partial charge >= 0.3 is 48.4 Å². The molecule has 9 N–H and O–H groups in total. The average Bonchev–Trinajstić information content (AvgIpc) is 1.19. The van der Waals surface area contributed by atoms with Crippen LogP contribution in [0.25, 0.3) is 0 Å². The summed E-state index contributed by atoms with van der Waals surface area (Å²) in [4.78, 5) is 111. The van der Waals surface area contributed by atoms with Crippen LogP contribution < -0.4 is 26.6 Å². The van der Waals surface area contributed by atoms with Gasteiger partial charge in [0.1, 0.15) is 63.1 Å².